The molecule has 2 saturated heterocycles. The highest BCUT2D eigenvalue weighted by molar-refractivity contribution is 5.68. The van der Waals surface area contributed by atoms with Crippen molar-refractivity contribution < 1.29 is 23.1 Å². The van der Waals surface area contributed by atoms with E-state index in [4.69, 9.17) is 5.11 Å². The Bertz CT molecular complexity index is 805. The SMILES string of the molecule is C[C@H]1CCN1c1nc(N2CCC(C)(CC(=O)O)C2)cc(C(F)(F)F)c1C#N. The zero-order valence-corrected chi connectivity index (χ0v) is 15.2. The Morgan fingerprint density at radius 1 is 1.48 bits per heavy atom. The first-order valence-electron chi connectivity index (χ1n) is 8.80. The Morgan fingerprint density at radius 2 is 2.19 bits per heavy atom. The van der Waals surface area contributed by atoms with Crippen molar-refractivity contribution in [3.05, 3.63) is 17.2 Å². The molecule has 2 fully saturated rings. The maximum absolute atomic E-state index is 13.6. The third kappa shape index (κ3) is 3.66. The van der Waals surface area contributed by atoms with Crippen LogP contribution >= 0.6 is 0 Å². The van der Waals surface area contributed by atoms with E-state index in [9.17, 15) is 23.2 Å². The number of alkyl halides is 3. The molecule has 1 unspecified atom stereocenters. The monoisotopic (exact) mass is 382 g/mol. The number of aliphatic carboxylic acids is 1. The van der Waals surface area contributed by atoms with E-state index in [1.807, 2.05) is 13.8 Å². The lowest BCUT2D eigenvalue weighted by Gasteiger charge is -2.41. The second-order valence-electron chi connectivity index (χ2n) is 7.72. The Morgan fingerprint density at radius 3 is 2.67 bits per heavy atom. The average molecular weight is 382 g/mol. The number of hydrogen-bond acceptors (Lipinski definition) is 5. The second kappa shape index (κ2) is 6.59. The molecule has 1 aromatic heterocycles. The van der Waals surface area contributed by atoms with Gasteiger partial charge in [0.05, 0.1) is 12.0 Å². The van der Waals surface area contributed by atoms with Crippen molar-refractivity contribution in [2.75, 3.05) is 29.4 Å². The minimum absolute atomic E-state index is 0.0248. The lowest BCUT2D eigenvalue weighted by atomic mass is 9.86. The van der Waals surface area contributed by atoms with Crippen molar-refractivity contribution in [3.8, 4) is 6.07 Å². The molecule has 0 spiro atoms. The molecule has 0 saturated carbocycles. The minimum Gasteiger partial charge on any atom is -0.481 e. The largest absolute Gasteiger partial charge is 0.481 e. The molecule has 1 aromatic rings. The first kappa shape index (κ1) is 19.3. The lowest BCUT2D eigenvalue weighted by molar-refractivity contribution is -0.139. The summed E-state index contributed by atoms with van der Waals surface area (Å²) in [5.41, 5.74) is -1.97. The molecule has 3 rings (SSSR count). The third-order valence-corrected chi connectivity index (χ3v) is 5.46. The number of aromatic nitrogens is 1. The number of rotatable bonds is 4. The van der Waals surface area contributed by atoms with Gasteiger partial charge < -0.3 is 14.9 Å². The van der Waals surface area contributed by atoms with Crippen LogP contribution in [0, 0.1) is 16.7 Å². The fourth-order valence-corrected chi connectivity index (χ4v) is 3.78. The lowest BCUT2D eigenvalue weighted by Crippen LogP contribution is -2.47. The van der Waals surface area contributed by atoms with Gasteiger partial charge in [0.2, 0.25) is 0 Å². The second-order valence-corrected chi connectivity index (χ2v) is 7.72. The van der Waals surface area contributed by atoms with Gasteiger partial charge in [0.15, 0.2) is 0 Å². The van der Waals surface area contributed by atoms with E-state index in [1.54, 1.807) is 15.9 Å². The van der Waals surface area contributed by atoms with Crippen LogP contribution in [0.4, 0.5) is 24.8 Å². The molecule has 1 N–H and O–H groups in total. The molecule has 2 aliphatic rings. The van der Waals surface area contributed by atoms with E-state index in [0.717, 1.165) is 12.5 Å². The normalized spacial score (nSPS) is 25.3. The maximum atomic E-state index is 13.6. The van der Waals surface area contributed by atoms with Crippen molar-refractivity contribution >= 4 is 17.6 Å². The number of nitrogens with zero attached hydrogens (tertiary/aromatic N) is 4. The number of halogens is 3. The molecule has 2 aliphatic heterocycles. The fourth-order valence-electron chi connectivity index (χ4n) is 3.78. The summed E-state index contributed by atoms with van der Waals surface area (Å²) in [4.78, 5) is 18.9. The zero-order chi connectivity index (χ0) is 20.0. The Kier molecular flexibility index (Phi) is 4.70. The summed E-state index contributed by atoms with van der Waals surface area (Å²) < 4.78 is 40.8. The fraction of sp³-hybridized carbons (Fsp3) is 0.611. The van der Waals surface area contributed by atoms with Crippen molar-refractivity contribution in [2.24, 2.45) is 5.41 Å². The third-order valence-electron chi connectivity index (χ3n) is 5.46. The maximum Gasteiger partial charge on any atom is 0.417 e. The molecule has 0 amide bonds. The van der Waals surface area contributed by atoms with E-state index in [0.29, 0.717) is 26.1 Å². The highest BCUT2D eigenvalue weighted by Crippen LogP contribution is 2.42. The Balaban J connectivity index is 2.03. The molecule has 0 aliphatic carbocycles. The zero-order valence-electron chi connectivity index (χ0n) is 15.2. The van der Waals surface area contributed by atoms with E-state index < -0.39 is 28.7 Å². The van der Waals surface area contributed by atoms with E-state index in [1.165, 1.54) is 0 Å². The summed E-state index contributed by atoms with van der Waals surface area (Å²) in [7, 11) is 0. The summed E-state index contributed by atoms with van der Waals surface area (Å²) in [6.45, 7) is 4.99. The molecule has 2 atom stereocenters. The first-order valence-corrected chi connectivity index (χ1v) is 8.80. The van der Waals surface area contributed by atoms with Crippen molar-refractivity contribution in [3.63, 3.8) is 0 Å². The van der Waals surface area contributed by atoms with Crippen LogP contribution in [0.1, 0.15) is 44.2 Å². The van der Waals surface area contributed by atoms with Gasteiger partial charge in [0.25, 0.3) is 0 Å². The van der Waals surface area contributed by atoms with Crippen LogP contribution < -0.4 is 9.80 Å². The molecule has 0 aromatic carbocycles. The Labute approximate surface area is 155 Å². The van der Waals surface area contributed by atoms with Crippen molar-refractivity contribution in [2.45, 2.75) is 45.3 Å². The molecule has 0 bridgehead atoms. The standard InChI is InChI=1S/C18H21F3N4O2/c1-11-3-5-25(11)16-12(9-22)13(18(19,20)21)7-14(23-16)24-6-4-17(2,10-24)8-15(26)27/h7,11H,3-6,8,10H2,1-2H3,(H,26,27)/t11-,17?/m0/s1. The summed E-state index contributed by atoms with van der Waals surface area (Å²) in [5, 5.41) is 18.4. The van der Waals surface area contributed by atoms with Gasteiger partial charge >= 0.3 is 12.1 Å². The number of hydrogen-bond donors (Lipinski definition) is 1. The molecular weight excluding hydrogens is 361 g/mol. The average Bonchev–Trinajstić information content (AvgIpc) is 2.92. The van der Waals surface area contributed by atoms with Crippen molar-refractivity contribution in [1.29, 1.82) is 5.26 Å². The topological polar surface area (TPSA) is 80.5 Å². The smallest absolute Gasteiger partial charge is 0.417 e. The number of anilines is 2. The number of nitriles is 1. The van der Waals surface area contributed by atoms with Crippen LogP contribution in [0.3, 0.4) is 0 Å². The molecule has 0 radical (unpaired) electrons. The number of carboxylic acids is 1. The summed E-state index contributed by atoms with van der Waals surface area (Å²) in [6.07, 6.45) is -3.34. The number of pyridine rings is 1. The summed E-state index contributed by atoms with van der Waals surface area (Å²) >= 11 is 0. The predicted octanol–water partition coefficient (Wildman–Crippen LogP) is 3.26. The van der Waals surface area contributed by atoms with Crippen LogP contribution in [0.15, 0.2) is 6.07 Å². The minimum atomic E-state index is -4.67. The highest BCUT2D eigenvalue weighted by atomic mass is 19.4. The number of carboxylic acid groups (broad SMARTS) is 1. The molecule has 146 valence electrons. The van der Waals surface area contributed by atoms with Crippen LogP contribution in [-0.2, 0) is 11.0 Å². The van der Waals surface area contributed by atoms with Gasteiger partial charge in [-0.1, -0.05) is 6.92 Å². The van der Waals surface area contributed by atoms with E-state index in [-0.39, 0.29) is 24.1 Å². The van der Waals surface area contributed by atoms with Crippen LogP contribution in [-0.4, -0.2) is 41.7 Å². The van der Waals surface area contributed by atoms with E-state index in [2.05, 4.69) is 4.98 Å². The van der Waals surface area contributed by atoms with Crippen LogP contribution in [0.2, 0.25) is 0 Å². The van der Waals surface area contributed by atoms with Gasteiger partial charge in [-0.15, -0.1) is 0 Å². The Hall–Kier alpha value is -2.50. The molecule has 3 heterocycles. The van der Waals surface area contributed by atoms with Crippen molar-refractivity contribution in [1.82, 2.24) is 4.98 Å². The first-order chi connectivity index (χ1) is 12.5. The van der Waals surface area contributed by atoms with Crippen LogP contribution in [0.5, 0.6) is 0 Å². The van der Waals surface area contributed by atoms with Gasteiger partial charge in [0.1, 0.15) is 23.3 Å². The summed E-state index contributed by atoms with van der Waals surface area (Å²) in [6, 6.07) is 2.62. The summed E-state index contributed by atoms with van der Waals surface area (Å²) in [5.74, 6) is -0.726. The molecular formula is C18H21F3N4O2. The highest BCUT2D eigenvalue weighted by Gasteiger charge is 2.41. The van der Waals surface area contributed by atoms with Gasteiger partial charge in [0, 0.05) is 25.7 Å². The predicted molar refractivity (Wildman–Crippen MR) is 92.6 cm³/mol. The van der Waals surface area contributed by atoms with E-state index >= 15 is 0 Å². The molecule has 6 nitrogen and oxygen atoms in total. The van der Waals surface area contributed by atoms with Gasteiger partial charge in [-0.2, -0.15) is 18.4 Å². The molecule has 9 heteroatoms. The molecule has 27 heavy (non-hydrogen) atoms. The number of carbonyl (C=O) groups is 1. The quantitative estimate of drug-likeness (QED) is 0.861. The van der Waals surface area contributed by atoms with Gasteiger partial charge in [-0.05, 0) is 31.2 Å². The van der Waals surface area contributed by atoms with Gasteiger partial charge in [-0.3, -0.25) is 4.79 Å². The van der Waals surface area contributed by atoms with Gasteiger partial charge in [-0.25, -0.2) is 4.98 Å². The van der Waals surface area contributed by atoms with Crippen LogP contribution in [0.25, 0.3) is 0 Å².